The highest BCUT2D eigenvalue weighted by Gasteiger charge is 2.38. The standard InChI is InChI=1S/C12H24N2O2/c1-9(2)14-7-3-4-11(14)12-15-8-10(16-12)5-6-13/h9-12H,3-8,13H2,1-2H3. The van der Waals surface area contributed by atoms with Crippen LogP contribution in [0.25, 0.3) is 0 Å². The highest BCUT2D eigenvalue weighted by molar-refractivity contribution is 4.86. The van der Waals surface area contributed by atoms with Gasteiger partial charge in [-0.1, -0.05) is 0 Å². The molecule has 0 bridgehead atoms. The van der Waals surface area contributed by atoms with Crippen LogP contribution >= 0.6 is 0 Å². The monoisotopic (exact) mass is 228 g/mol. The highest BCUT2D eigenvalue weighted by atomic mass is 16.7. The lowest BCUT2D eigenvalue weighted by Crippen LogP contribution is -2.43. The Morgan fingerprint density at radius 2 is 2.25 bits per heavy atom. The lowest BCUT2D eigenvalue weighted by molar-refractivity contribution is -0.107. The summed E-state index contributed by atoms with van der Waals surface area (Å²) in [6.07, 6.45) is 3.54. The fourth-order valence-electron chi connectivity index (χ4n) is 2.76. The first-order valence-corrected chi connectivity index (χ1v) is 6.45. The summed E-state index contributed by atoms with van der Waals surface area (Å²) in [4.78, 5) is 2.50. The van der Waals surface area contributed by atoms with E-state index in [-0.39, 0.29) is 12.4 Å². The smallest absolute Gasteiger partial charge is 0.173 e. The van der Waals surface area contributed by atoms with Crippen LogP contribution in [0.15, 0.2) is 0 Å². The van der Waals surface area contributed by atoms with Crippen LogP contribution in [0.1, 0.15) is 33.1 Å². The van der Waals surface area contributed by atoms with E-state index in [1.165, 1.54) is 19.4 Å². The molecule has 2 saturated heterocycles. The number of ether oxygens (including phenoxy) is 2. The Labute approximate surface area is 98.1 Å². The quantitative estimate of drug-likeness (QED) is 0.778. The maximum Gasteiger partial charge on any atom is 0.173 e. The van der Waals surface area contributed by atoms with Crippen molar-refractivity contribution in [2.75, 3.05) is 19.7 Å². The molecule has 2 aliphatic rings. The summed E-state index contributed by atoms with van der Waals surface area (Å²) in [5.74, 6) is 0. The Hall–Kier alpha value is -0.160. The molecule has 0 spiro atoms. The van der Waals surface area contributed by atoms with Gasteiger partial charge in [0.25, 0.3) is 0 Å². The molecule has 16 heavy (non-hydrogen) atoms. The molecule has 3 atom stereocenters. The van der Waals surface area contributed by atoms with Crippen LogP contribution in [0.3, 0.4) is 0 Å². The molecule has 2 rings (SSSR count). The fraction of sp³-hybridized carbons (Fsp3) is 1.00. The van der Waals surface area contributed by atoms with E-state index in [2.05, 4.69) is 18.7 Å². The third-order valence-electron chi connectivity index (χ3n) is 3.58. The molecule has 3 unspecified atom stereocenters. The van der Waals surface area contributed by atoms with Crippen LogP contribution in [0.2, 0.25) is 0 Å². The van der Waals surface area contributed by atoms with Crippen molar-refractivity contribution in [2.45, 2.75) is 57.6 Å². The maximum atomic E-state index is 5.92. The molecular formula is C12H24N2O2. The number of likely N-dealkylation sites (tertiary alicyclic amines) is 1. The number of hydrogen-bond acceptors (Lipinski definition) is 4. The lowest BCUT2D eigenvalue weighted by atomic mass is 10.2. The van der Waals surface area contributed by atoms with Gasteiger partial charge in [-0.25, -0.2) is 0 Å². The van der Waals surface area contributed by atoms with E-state index in [0.717, 1.165) is 6.42 Å². The molecular weight excluding hydrogens is 204 g/mol. The Kier molecular flexibility index (Phi) is 4.19. The van der Waals surface area contributed by atoms with E-state index >= 15 is 0 Å². The number of hydrogen-bond donors (Lipinski definition) is 1. The zero-order valence-electron chi connectivity index (χ0n) is 10.4. The van der Waals surface area contributed by atoms with Crippen molar-refractivity contribution < 1.29 is 9.47 Å². The molecule has 0 aromatic rings. The van der Waals surface area contributed by atoms with Crippen LogP contribution < -0.4 is 5.73 Å². The van der Waals surface area contributed by atoms with Gasteiger partial charge in [0.2, 0.25) is 0 Å². The predicted octanol–water partition coefficient (Wildman–Crippen LogP) is 0.950. The molecule has 0 aliphatic carbocycles. The van der Waals surface area contributed by atoms with E-state index in [1.807, 2.05) is 0 Å². The van der Waals surface area contributed by atoms with Crippen molar-refractivity contribution >= 4 is 0 Å². The van der Waals surface area contributed by atoms with Crippen molar-refractivity contribution in [1.82, 2.24) is 4.90 Å². The Morgan fingerprint density at radius 3 is 2.94 bits per heavy atom. The molecule has 0 aromatic heterocycles. The third-order valence-corrected chi connectivity index (χ3v) is 3.58. The van der Waals surface area contributed by atoms with Crippen LogP contribution in [-0.4, -0.2) is 49.1 Å². The molecule has 0 radical (unpaired) electrons. The number of nitrogens with zero attached hydrogens (tertiary/aromatic N) is 1. The normalized spacial score (nSPS) is 36.4. The lowest BCUT2D eigenvalue weighted by Gasteiger charge is -2.31. The number of rotatable bonds is 4. The van der Waals surface area contributed by atoms with Crippen molar-refractivity contribution in [2.24, 2.45) is 5.73 Å². The van der Waals surface area contributed by atoms with Gasteiger partial charge in [0, 0.05) is 6.04 Å². The van der Waals surface area contributed by atoms with Gasteiger partial charge >= 0.3 is 0 Å². The second-order valence-electron chi connectivity index (χ2n) is 5.08. The molecule has 2 aliphatic heterocycles. The van der Waals surface area contributed by atoms with Crippen molar-refractivity contribution in [3.05, 3.63) is 0 Å². The topological polar surface area (TPSA) is 47.7 Å². The zero-order chi connectivity index (χ0) is 11.5. The largest absolute Gasteiger partial charge is 0.348 e. The molecule has 0 saturated carbocycles. The summed E-state index contributed by atoms with van der Waals surface area (Å²) >= 11 is 0. The molecule has 2 N–H and O–H groups in total. The molecule has 0 amide bonds. The number of nitrogens with two attached hydrogens (primary N) is 1. The van der Waals surface area contributed by atoms with Gasteiger partial charge in [0.05, 0.1) is 18.8 Å². The average Bonchev–Trinajstić information content (AvgIpc) is 2.83. The molecule has 2 heterocycles. The van der Waals surface area contributed by atoms with Gasteiger partial charge in [0.15, 0.2) is 6.29 Å². The summed E-state index contributed by atoms with van der Waals surface area (Å²) in [7, 11) is 0. The van der Waals surface area contributed by atoms with Gasteiger partial charge in [-0.05, 0) is 46.2 Å². The van der Waals surface area contributed by atoms with E-state index < -0.39 is 0 Å². The second-order valence-corrected chi connectivity index (χ2v) is 5.08. The minimum Gasteiger partial charge on any atom is -0.348 e. The van der Waals surface area contributed by atoms with E-state index in [9.17, 15) is 0 Å². The zero-order valence-corrected chi connectivity index (χ0v) is 10.4. The highest BCUT2D eigenvalue weighted by Crippen LogP contribution is 2.28. The van der Waals surface area contributed by atoms with Gasteiger partial charge in [-0.2, -0.15) is 0 Å². The first-order valence-electron chi connectivity index (χ1n) is 6.45. The SMILES string of the molecule is CC(C)N1CCCC1C1OCC(CCN)O1. The summed E-state index contributed by atoms with van der Waals surface area (Å²) in [6.45, 7) is 7.05. The van der Waals surface area contributed by atoms with Gasteiger partial charge in [0.1, 0.15) is 0 Å². The minimum absolute atomic E-state index is 0.0264. The van der Waals surface area contributed by atoms with Gasteiger partial charge in [-0.15, -0.1) is 0 Å². The van der Waals surface area contributed by atoms with Crippen LogP contribution in [-0.2, 0) is 9.47 Å². The third kappa shape index (κ3) is 2.56. The van der Waals surface area contributed by atoms with Crippen LogP contribution in [0, 0.1) is 0 Å². The molecule has 0 aromatic carbocycles. The van der Waals surface area contributed by atoms with E-state index in [4.69, 9.17) is 15.2 Å². The maximum absolute atomic E-state index is 5.92. The Balaban J connectivity index is 1.88. The van der Waals surface area contributed by atoms with Crippen molar-refractivity contribution in [1.29, 1.82) is 0 Å². The molecule has 4 heteroatoms. The van der Waals surface area contributed by atoms with Gasteiger partial charge < -0.3 is 15.2 Å². The Bertz CT molecular complexity index is 223. The predicted molar refractivity (Wildman–Crippen MR) is 63.1 cm³/mol. The molecule has 4 nitrogen and oxygen atoms in total. The molecule has 2 fully saturated rings. The van der Waals surface area contributed by atoms with Crippen molar-refractivity contribution in [3.63, 3.8) is 0 Å². The summed E-state index contributed by atoms with van der Waals surface area (Å²) in [5, 5.41) is 0. The van der Waals surface area contributed by atoms with Crippen LogP contribution in [0.5, 0.6) is 0 Å². The van der Waals surface area contributed by atoms with Crippen molar-refractivity contribution in [3.8, 4) is 0 Å². The minimum atomic E-state index is -0.0264. The van der Waals surface area contributed by atoms with E-state index in [1.54, 1.807) is 0 Å². The van der Waals surface area contributed by atoms with E-state index in [0.29, 0.717) is 25.2 Å². The second kappa shape index (κ2) is 5.45. The first-order chi connectivity index (χ1) is 7.72. The van der Waals surface area contributed by atoms with Crippen LogP contribution in [0.4, 0.5) is 0 Å². The Morgan fingerprint density at radius 1 is 1.44 bits per heavy atom. The summed E-state index contributed by atoms with van der Waals surface area (Å²) in [6, 6.07) is 1.02. The molecule has 94 valence electrons. The van der Waals surface area contributed by atoms with Gasteiger partial charge in [-0.3, -0.25) is 4.90 Å². The summed E-state index contributed by atoms with van der Waals surface area (Å²) < 4.78 is 11.7. The fourth-order valence-corrected chi connectivity index (χ4v) is 2.76. The average molecular weight is 228 g/mol. The summed E-state index contributed by atoms with van der Waals surface area (Å²) in [5.41, 5.74) is 5.54. The first kappa shape index (κ1) is 12.3.